The Bertz CT molecular complexity index is 820. The van der Waals surface area contributed by atoms with Gasteiger partial charge >= 0.3 is 6.03 Å². The van der Waals surface area contributed by atoms with E-state index in [1.165, 1.54) is 17.7 Å². The van der Waals surface area contributed by atoms with E-state index in [9.17, 15) is 14.0 Å². The van der Waals surface area contributed by atoms with Crippen LogP contribution in [-0.2, 0) is 11.3 Å². The number of halogens is 1. The molecule has 3 amide bonds. The summed E-state index contributed by atoms with van der Waals surface area (Å²) in [6.45, 7) is 4.79. The van der Waals surface area contributed by atoms with Crippen molar-refractivity contribution in [2.24, 2.45) is 0 Å². The van der Waals surface area contributed by atoms with E-state index in [-0.39, 0.29) is 30.2 Å². The van der Waals surface area contributed by atoms with Gasteiger partial charge in [0, 0.05) is 25.2 Å². The van der Waals surface area contributed by atoms with E-state index in [1.54, 1.807) is 17.0 Å². The summed E-state index contributed by atoms with van der Waals surface area (Å²) in [6.07, 6.45) is 0.275. The van der Waals surface area contributed by atoms with Crippen LogP contribution in [0.25, 0.3) is 0 Å². The molecular weight excluding hydrogens is 333 g/mol. The Morgan fingerprint density at radius 1 is 1.15 bits per heavy atom. The minimum absolute atomic E-state index is 0.00270. The molecule has 0 saturated carbocycles. The van der Waals surface area contributed by atoms with Gasteiger partial charge in [-0.25, -0.2) is 9.18 Å². The number of benzene rings is 2. The van der Waals surface area contributed by atoms with E-state index < -0.39 is 0 Å². The molecular formula is C20H22FN3O2. The summed E-state index contributed by atoms with van der Waals surface area (Å²) in [5, 5.41) is 5.56. The molecule has 136 valence electrons. The zero-order valence-corrected chi connectivity index (χ0v) is 14.9. The van der Waals surface area contributed by atoms with Gasteiger partial charge in [-0.2, -0.15) is 0 Å². The molecule has 1 fully saturated rings. The molecule has 26 heavy (non-hydrogen) atoms. The van der Waals surface area contributed by atoms with Gasteiger partial charge in [0.1, 0.15) is 5.82 Å². The summed E-state index contributed by atoms with van der Waals surface area (Å²) in [6, 6.07) is 11.3. The number of rotatable bonds is 4. The molecule has 5 nitrogen and oxygen atoms in total. The Hall–Kier alpha value is -2.89. The third kappa shape index (κ3) is 4.20. The van der Waals surface area contributed by atoms with Gasteiger partial charge in [0.15, 0.2) is 0 Å². The van der Waals surface area contributed by atoms with E-state index in [2.05, 4.69) is 10.6 Å². The molecule has 2 N–H and O–H groups in total. The van der Waals surface area contributed by atoms with E-state index >= 15 is 0 Å². The fraction of sp³-hybridized carbons (Fsp3) is 0.300. The maximum atomic E-state index is 12.9. The van der Waals surface area contributed by atoms with Crippen molar-refractivity contribution in [3.63, 3.8) is 0 Å². The molecule has 0 aliphatic carbocycles. The van der Waals surface area contributed by atoms with Gasteiger partial charge in [-0.1, -0.05) is 18.2 Å². The van der Waals surface area contributed by atoms with Crippen LogP contribution in [0.4, 0.5) is 14.9 Å². The van der Waals surface area contributed by atoms with Crippen molar-refractivity contribution in [1.82, 2.24) is 10.6 Å². The van der Waals surface area contributed by atoms with Crippen molar-refractivity contribution < 1.29 is 14.0 Å². The Balaban J connectivity index is 1.54. The molecule has 3 rings (SSSR count). The number of carbonyl (C=O) groups excluding carboxylic acids is 2. The van der Waals surface area contributed by atoms with Crippen LogP contribution in [0.1, 0.15) is 23.1 Å². The van der Waals surface area contributed by atoms with Crippen LogP contribution in [0.3, 0.4) is 0 Å². The monoisotopic (exact) mass is 355 g/mol. The highest BCUT2D eigenvalue weighted by molar-refractivity contribution is 5.96. The molecule has 0 spiro atoms. The van der Waals surface area contributed by atoms with E-state index in [0.717, 1.165) is 16.8 Å². The normalized spacial score (nSPS) is 16.7. The number of carbonyl (C=O) groups is 2. The molecule has 1 aliphatic rings. The lowest BCUT2D eigenvalue weighted by atomic mass is 10.1. The van der Waals surface area contributed by atoms with Gasteiger partial charge < -0.3 is 15.5 Å². The van der Waals surface area contributed by atoms with Crippen molar-refractivity contribution in [2.75, 3.05) is 11.4 Å². The van der Waals surface area contributed by atoms with E-state index in [4.69, 9.17) is 0 Å². The maximum absolute atomic E-state index is 12.9. The topological polar surface area (TPSA) is 61.4 Å². The van der Waals surface area contributed by atoms with Crippen molar-refractivity contribution in [1.29, 1.82) is 0 Å². The second kappa shape index (κ2) is 7.56. The molecule has 1 heterocycles. The van der Waals surface area contributed by atoms with E-state index in [1.807, 2.05) is 32.0 Å². The lowest BCUT2D eigenvalue weighted by Crippen LogP contribution is -2.43. The zero-order valence-electron chi connectivity index (χ0n) is 14.9. The fourth-order valence-corrected chi connectivity index (χ4v) is 2.97. The van der Waals surface area contributed by atoms with Gasteiger partial charge in [0.2, 0.25) is 5.91 Å². The van der Waals surface area contributed by atoms with Crippen LogP contribution in [0.5, 0.6) is 0 Å². The predicted molar refractivity (Wildman–Crippen MR) is 98.4 cm³/mol. The van der Waals surface area contributed by atoms with Gasteiger partial charge in [0.25, 0.3) is 0 Å². The second-order valence-corrected chi connectivity index (χ2v) is 6.63. The standard InChI is InChI=1S/C20H22FN3O2/c1-13-3-8-18(9-14(13)2)24-12-17(10-19(24)25)23-20(26)22-11-15-4-6-16(21)7-5-15/h3-9,17H,10-12H2,1-2H3,(H2,22,23,26)/t17-/m0/s1. The summed E-state index contributed by atoms with van der Waals surface area (Å²) < 4.78 is 12.9. The Labute approximate surface area is 152 Å². The largest absolute Gasteiger partial charge is 0.334 e. The first-order valence-corrected chi connectivity index (χ1v) is 8.59. The number of nitrogens with zero attached hydrogens (tertiary/aromatic N) is 1. The van der Waals surface area contributed by atoms with Crippen LogP contribution in [0.15, 0.2) is 42.5 Å². The molecule has 0 bridgehead atoms. The SMILES string of the molecule is Cc1ccc(N2C[C@@H](NC(=O)NCc3ccc(F)cc3)CC2=O)cc1C. The van der Waals surface area contributed by atoms with Gasteiger partial charge in [-0.3, -0.25) is 4.79 Å². The minimum Gasteiger partial charge on any atom is -0.334 e. The summed E-state index contributed by atoms with van der Waals surface area (Å²) in [4.78, 5) is 26.1. The summed E-state index contributed by atoms with van der Waals surface area (Å²) in [5.74, 6) is -0.314. The molecule has 0 aromatic heterocycles. The number of aryl methyl sites for hydroxylation is 2. The number of hydrogen-bond donors (Lipinski definition) is 2. The molecule has 1 atom stereocenters. The Kier molecular flexibility index (Phi) is 5.21. The Morgan fingerprint density at radius 3 is 2.58 bits per heavy atom. The molecule has 0 unspecified atom stereocenters. The molecule has 2 aromatic rings. The summed E-state index contributed by atoms with van der Waals surface area (Å²) in [5.41, 5.74) is 3.97. The Morgan fingerprint density at radius 2 is 1.88 bits per heavy atom. The predicted octanol–water partition coefficient (Wildman–Crippen LogP) is 3.05. The highest BCUT2D eigenvalue weighted by Gasteiger charge is 2.31. The third-order valence-electron chi connectivity index (χ3n) is 4.63. The molecule has 1 aliphatic heterocycles. The van der Waals surface area contributed by atoms with Crippen LogP contribution in [-0.4, -0.2) is 24.5 Å². The highest BCUT2D eigenvalue weighted by atomic mass is 19.1. The molecule has 1 saturated heterocycles. The second-order valence-electron chi connectivity index (χ2n) is 6.63. The lowest BCUT2D eigenvalue weighted by molar-refractivity contribution is -0.117. The van der Waals surface area contributed by atoms with Crippen LogP contribution in [0.2, 0.25) is 0 Å². The lowest BCUT2D eigenvalue weighted by Gasteiger charge is -2.18. The molecule has 6 heteroatoms. The van der Waals surface area contributed by atoms with Gasteiger partial charge in [-0.15, -0.1) is 0 Å². The number of urea groups is 1. The average molecular weight is 355 g/mol. The quantitative estimate of drug-likeness (QED) is 0.886. The first-order valence-electron chi connectivity index (χ1n) is 8.59. The highest BCUT2D eigenvalue weighted by Crippen LogP contribution is 2.24. The first-order chi connectivity index (χ1) is 12.4. The van der Waals surface area contributed by atoms with E-state index in [0.29, 0.717) is 13.1 Å². The summed E-state index contributed by atoms with van der Waals surface area (Å²) >= 11 is 0. The zero-order chi connectivity index (χ0) is 18.7. The van der Waals surface area contributed by atoms with Crippen LogP contribution >= 0.6 is 0 Å². The third-order valence-corrected chi connectivity index (χ3v) is 4.63. The van der Waals surface area contributed by atoms with Crippen molar-refractivity contribution in [3.05, 3.63) is 65.0 Å². The average Bonchev–Trinajstić information content (AvgIpc) is 2.97. The molecule has 2 aromatic carbocycles. The number of anilines is 1. The summed E-state index contributed by atoms with van der Waals surface area (Å²) in [7, 11) is 0. The number of amides is 3. The maximum Gasteiger partial charge on any atom is 0.315 e. The van der Waals surface area contributed by atoms with Gasteiger partial charge in [-0.05, 0) is 54.8 Å². The van der Waals surface area contributed by atoms with Crippen molar-refractivity contribution >= 4 is 17.6 Å². The van der Waals surface area contributed by atoms with Crippen molar-refractivity contribution in [3.8, 4) is 0 Å². The smallest absolute Gasteiger partial charge is 0.315 e. The fourth-order valence-electron chi connectivity index (χ4n) is 2.97. The van der Waals surface area contributed by atoms with Gasteiger partial charge in [0.05, 0.1) is 6.04 Å². The number of nitrogens with one attached hydrogen (secondary N) is 2. The van der Waals surface area contributed by atoms with Crippen LogP contribution in [0, 0.1) is 19.7 Å². The minimum atomic E-state index is -0.339. The van der Waals surface area contributed by atoms with Crippen LogP contribution < -0.4 is 15.5 Å². The first kappa shape index (κ1) is 17.9. The number of hydrogen-bond acceptors (Lipinski definition) is 2. The van der Waals surface area contributed by atoms with Crippen molar-refractivity contribution in [2.45, 2.75) is 32.9 Å². The molecule has 0 radical (unpaired) electrons.